The Morgan fingerprint density at radius 1 is 1.53 bits per heavy atom. The molecule has 1 N–H and O–H groups in total. The summed E-state index contributed by atoms with van der Waals surface area (Å²) < 4.78 is 5.24. The summed E-state index contributed by atoms with van der Waals surface area (Å²) in [5, 5.41) is 2.99. The van der Waals surface area contributed by atoms with Gasteiger partial charge in [0.25, 0.3) is 0 Å². The smallest absolute Gasteiger partial charge is 0.410 e. The maximum absolute atomic E-state index is 11.8. The van der Waals surface area contributed by atoms with Crippen LogP contribution in [0.4, 0.5) is 4.79 Å². The van der Waals surface area contributed by atoms with E-state index in [0.717, 1.165) is 0 Å². The highest BCUT2D eigenvalue weighted by atomic mass is 16.6. The van der Waals surface area contributed by atoms with E-state index in [1.54, 1.807) is 0 Å². The van der Waals surface area contributed by atoms with Crippen LogP contribution in [-0.4, -0.2) is 49.1 Å². The van der Waals surface area contributed by atoms with Gasteiger partial charge in [-0.15, -0.1) is 0 Å². The molecule has 1 aliphatic rings. The Balaban J connectivity index is 2.49. The van der Waals surface area contributed by atoms with E-state index in [0.29, 0.717) is 19.5 Å². The van der Waals surface area contributed by atoms with Crippen LogP contribution >= 0.6 is 0 Å². The maximum Gasteiger partial charge on any atom is 0.410 e. The van der Waals surface area contributed by atoms with Crippen molar-refractivity contribution in [2.75, 3.05) is 26.7 Å². The summed E-state index contributed by atoms with van der Waals surface area (Å²) in [7, 11) is 1.83. The number of ketones is 1. The zero-order valence-corrected chi connectivity index (χ0v) is 11.1. The lowest BCUT2D eigenvalue weighted by Gasteiger charge is -2.32. The Labute approximate surface area is 102 Å². The highest BCUT2D eigenvalue weighted by molar-refractivity contribution is 5.87. The SMILES string of the molecule is CNCC1CCN(C(=O)OC(C)(C)C)CC1=O. The molecule has 0 bridgehead atoms. The van der Waals surface area contributed by atoms with Crippen molar-refractivity contribution in [2.24, 2.45) is 5.92 Å². The third-order valence-corrected chi connectivity index (χ3v) is 2.65. The van der Waals surface area contributed by atoms with Gasteiger partial charge < -0.3 is 15.0 Å². The molecule has 1 amide bonds. The van der Waals surface area contributed by atoms with Crippen LogP contribution in [0.15, 0.2) is 0 Å². The zero-order chi connectivity index (χ0) is 13.1. The number of piperidine rings is 1. The lowest BCUT2D eigenvalue weighted by molar-refractivity contribution is -0.126. The van der Waals surface area contributed by atoms with Crippen LogP contribution in [0.25, 0.3) is 0 Å². The summed E-state index contributed by atoms with van der Waals surface area (Å²) in [6.45, 7) is 6.90. The van der Waals surface area contributed by atoms with Gasteiger partial charge in [0, 0.05) is 19.0 Å². The van der Waals surface area contributed by atoms with Crippen molar-refractivity contribution in [3.8, 4) is 0 Å². The number of ether oxygens (including phenoxy) is 1. The summed E-state index contributed by atoms with van der Waals surface area (Å²) in [5.74, 6) is 0.134. The molecule has 1 rings (SSSR count). The fourth-order valence-electron chi connectivity index (χ4n) is 1.81. The summed E-state index contributed by atoms with van der Waals surface area (Å²) >= 11 is 0. The van der Waals surface area contributed by atoms with Crippen molar-refractivity contribution in [1.82, 2.24) is 10.2 Å². The van der Waals surface area contributed by atoms with Crippen LogP contribution < -0.4 is 5.32 Å². The van der Waals surface area contributed by atoms with Gasteiger partial charge in [0.05, 0.1) is 6.54 Å². The van der Waals surface area contributed by atoms with E-state index in [1.807, 2.05) is 27.8 Å². The largest absolute Gasteiger partial charge is 0.444 e. The van der Waals surface area contributed by atoms with Crippen LogP contribution in [-0.2, 0) is 9.53 Å². The summed E-state index contributed by atoms with van der Waals surface area (Å²) in [5.41, 5.74) is -0.512. The number of nitrogens with zero attached hydrogens (tertiary/aromatic N) is 1. The van der Waals surface area contributed by atoms with E-state index in [2.05, 4.69) is 5.32 Å². The van der Waals surface area contributed by atoms with Gasteiger partial charge in [-0.05, 0) is 34.2 Å². The maximum atomic E-state index is 11.8. The van der Waals surface area contributed by atoms with Crippen molar-refractivity contribution in [3.05, 3.63) is 0 Å². The van der Waals surface area contributed by atoms with E-state index in [-0.39, 0.29) is 18.2 Å². The van der Waals surface area contributed by atoms with Gasteiger partial charge in [-0.3, -0.25) is 4.79 Å². The minimum Gasteiger partial charge on any atom is -0.444 e. The molecule has 0 spiro atoms. The first-order valence-corrected chi connectivity index (χ1v) is 5.98. The number of amides is 1. The molecule has 0 aromatic rings. The molecule has 1 atom stereocenters. The quantitative estimate of drug-likeness (QED) is 0.786. The number of hydrogen-bond donors (Lipinski definition) is 1. The second kappa shape index (κ2) is 5.49. The van der Waals surface area contributed by atoms with Gasteiger partial charge in [0.2, 0.25) is 0 Å². The molecule has 98 valence electrons. The van der Waals surface area contributed by atoms with Crippen LogP contribution in [0.2, 0.25) is 0 Å². The first-order valence-electron chi connectivity index (χ1n) is 5.98. The minimum atomic E-state index is -0.512. The van der Waals surface area contributed by atoms with Gasteiger partial charge >= 0.3 is 6.09 Å². The Hall–Kier alpha value is -1.10. The normalized spacial score (nSPS) is 21.5. The molecule has 1 heterocycles. The first kappa shape index (κ1) is 14.0. The van der Waals surface area contributed by atoms with Crippen molar-refractivity contribution in [2.45, 2.75) is 32.8 Å². The molecule has 0 radical (unpaired) electrons. The third kappa shape index (κ3) is 4.34. The fraction of sp³-hybridized carbons (Fsp3) is 0.833. The van der Waals surface area contributed by atoms with Gasteiger partial charge in [0.1, 0.15) is 5.60 Å². The van der Waals surface area contributed by atoms with Crippen LogP contribution in [0.1, 0.15) is 27.2 Å². The first-order chi connectivity index (χ1) is 7.83. The molecule has 1 saturated heterocycles. The van der Waals surface area contributed by atoms with Gasteiger partial charge in [0.15, 0.2) is 5.78 Å². The summed E-state index contributed by atoms with van der Waals surface area (Å²) in [6.07, 6.45) is 0.313. The Morgan fingerprint density at radius 2 is 2.18 bits per heavy atom. The van der Waals surface area contributed by atoms with Crippen molar-refractivity contribution >= 4 is 11.9 Å². The predicted molar refractivity (Wildman–Crippen MR) is 64.8 cm³/mol. The second-order valence-electron chi connectivity index (χ2n) is 5.41. The molecule has 1 aliphatic heterocycles. The monoisotopic (exact) mass is 242 g/mol. The van der Waals surface area contributed by atoms with Gasteiger partial charge in [-0.25, -0.2) is 4.79 Å². The van der Waals surface area contributed by atoms with E-state index in [4.69, 9.17) is 4.74 Å². The predicted octanol–water partition coefficient (Wildman–Crippen LogP) is 1.03. The number of likely N-dealkylation sites (tertiary alicyclic amines) is 1. The molecule has 1 unspecified atom stereocenters. The van der Waals surface area contributed by atoms with E-state index in [1.165, 1.54) is 4.90 Å². The number of carbonyl (C=O) groups is 2. The van der Waals surface area contributed by atoms with E-state index >= 15 is 0 Å². The van der Waals surface area contributed by atoms with Crippen LogP contribution in [0.5, 0.6) is 0 Å². The minimum absolute atomic E-state index is 0.0266. The highest BCUT2D eigenvalue weighted by Crippen LogP contribution is 2.16. The number of nitrogens with one attached hydrogen (secondary N) is 1. The Morgan fingerprint density at radius 3 is 2.65 bits per heavy atom. The van der Waals surface area contributed by atoms with Crippen molar-refractivity contribution in [3.63, 3.8) is 0 Å². The lowest BCUT2D eigenvalue weighted by atomic mass is 9.96. The molecular formula is C12H22N2O3. The second-order valence-corrected chi connectivity index (χ2v) is 5.41. The molecule has 0 saturated carbocycles. The standard InChI is InChI=1S/C12H22N2O3/c1-12(2,3)17-11(16)14-6-5-9(7-13-4)10(15)8-14/h9,13H,5-8H2,1-4H3. The molecule has 0 aliphatic carbocycles. The average molecular weight is 242 g/mol. The molecule has 5 nitrogen and oxygen atoms in total. The Kier molecular flexibility index (Phi) is 4.51. The van der Waals surface area contributed by atoms with Crippen molar-refractivity contribution < 1.29 is 14.3 Å². The zero-order valence-electron chi connectivity index (χ0n) is 11.1. The number of carbonyl (C=O) groups excluding carboxylic acids is 2. The van der Waals surface area contributed by atoms with Crippen LogP contribution in [0, 0.1) is 5.92 Å². The number of rotatable bonds is 2. The Bertz CT molecular complexity index is 297. The topological polar surface area (TPSA) is 58.6 Å². The third-order valence-electron chi connectivity index (χ3n) is 2.65. The highest BCUT2D eigenvalue weighted by Gasteiger charge is 2.31. The molecular weight excluding hydrogens is 220 g/mol. The molecule has 0 aromatic heterocycles. The van der Waals surface area contributed by atoms with Gasteiger partial charge in [-0.1, -0.05) is 0 Å². The fourth-order valence-corrected chi connectivity index (χ4v) is 1.81. The molecule has 5 heteroatoms. The average Bonchev–Trinajstić information content (AvgIpc) is 2.18. The molecule has 17 heavy (non-hydrogen) atoms. The molecule has 1 fully saturated rings. The lowest BCUT2D eigenvalue weighted by Crippen LogP contribution is -2.47. The van der Waals surface area contributed by atoms with Crippen LogP contribution in [0.3, 0.4) is 0 Å². The van der Waals surface area contributed by atoms with E-state index < -0.39 is 11.7 Å². The number of Topliss-reactive ketones (excluding diaryl/α,β-unsaturated/α-hetero) is 1. The van der Waals surface area contributed by atoms with E-state index in [9.17, 15) is 9.59 Å². The summed E-state index contributed by atoms with van der Waals surface area (Å²) in [4.78, 5) is 25.0. The summed E-state index contributed by atoms with van der Waals surface area (Å²) in [6, 6.07) is 0. The number of hydrogen-bond acceptors (Lipinski definition) is 4. The molecule has 0 aromatic carbocycles. The van der Waals surface area contributed by atoms with Gasteiger partial charge in [-0.2, -0.15) is 0 Å². The van der Waals surface area contributed by atoms with Crippen molar-refractivity contribution in [1.29, 1.82) is 0 Å².